The van der Waals surface area contributed by atoms with E-state index < -0.39 is 11.7 Å². The number of alkyl halides is 3. The zero-order chi connectivity index (χ0) is 16.6. The first-order valence-electron chi connectivity index (χ1n) is 6.60. The zero-order valence-corrected chi connectivity index (χ0v) is 12.6. The highest BCUT2D eigenvalue weighted by molar-refractivity contribution is 6.32. The van der Waals surface area contributed by atoms with Crippen molar-refractivity contribution in [2.75, 3.05) is 30.9 Å². The second-order valence-electron chi connectivity index (χ2n) is 4.81. The van der Waals surface area contributed by atoms with Crippen molar-refractivity contribution in [1.82, 2.24) is 19.7 Å². The molecule has 0 aliphatic carbocycles. The van der Waals surface area contributed by atoms with Crippen molar-refractivity contribution in [2.45, 2.75) is 12.2 Å². The van der Waals surface area contributed by atoms with Gasteiger partial charge >= 0.3 is 6.18 Å². The summed E-state index contributed by atoms with van der Waals surface area (Å²) >= 11 is 6.19. The number of nitrogens with one attached hydrogen (secondary N) is 2. The smallest absolute Gasteiger partial charge is 0.377 e. The first kappa shape index (κ1) is 15.8. The monoisotopic (exact) mass is 348 g/mol. The van der Waals surface area contributed by atoms with E-state index in [2.05, 4.69) is 25.7 Å². The fourth-order valence-corrected chi connectivity index (χ4v) is 2.29. The molecule has 2 N–H and O–H groups in total. The van der Waals surface area contributed by atoms with Crippen LogP contribution in [0.25, 0.3) is 0 Å². The van der Waals surface area contributed by atoms with Crippen LogP contribution in [0.15, 0.2) is 12.4 Å². The summed E-state index contributed by atoms with van der Waals surface area (Å²) in [6.45, 7) is 1.03. The molecule has 2 aromatic rings. The van der Waals surface area contributed by atoms with Gasteiger partial charge < -0.3 is 15.4 Å². The molecule has 124 valence electrons. The molecule has 3 heterocycles. The van der Waals surface area contributed by atoms with Crippen LogP contribution in [0.4, 0.5) is 30.6 Å². The van der Waals surface area contributed by atoms with Crippen LogP contribution < -0.4 is 10.6 Å². The minimum Gasteiger partial charge on any atom is -0.377 e. The van der Waals surface area contributed by atoms with Crippen molar-refractivity contribution in [3.8, 4) is 0 Å². The standard InChI is InChI=1S/C12H12ClF3N6O/c1-17-10-7(12(14,15)16)2-18-11(21-10)20-8-3-19-22(9(8)13)6-4-23-5-6/h2-3,6H,4-5H2,1H3,(H2,17,18,20,21). The van der Waals surface area contributed by atoms with E-state index in [-0.39, 0.29) is 17.8 Å². The van der Waals surface area contributed by atoms with Crippen LogP contribution >= 0.6 is 11.6 Å². The van der Waals surface area contributed by atoms with E-state index >= 15 is 0 Å². The molecule has 2 aromatic heterocycles. The van der Waals surface area contributed by atoms with Gasteiger partial charge in [0, 0.05) is 13.2 Å². The summed E-state index contributed by atoms with van der Waals surface area (Å²) in [7, 11) is 1.35. The fraction of sp³-hybridized carbons (Fsp3) is 0.417. The molecule has 0 unspecified atom stereocenters. The summed E-state index contributed by atoms with van der Waals surface area (Å²) in [4.78, 5) is 7.48. The lowest BCUT2D eigenvalue weighted by Crippen LogP contribution is -2.31. The minimum absolute atomic E-state index is 0.0198. The molecule has 3 rings (SSSR count). The molecule has 0 bridgehead atoms. The highest BCUT2D eigenvalue weighted by Gasteiger charge is 2.35. The molecule has 1 aliphatic rings. The average Bonchev–Trinajstić information content (AvgIpc) is 2.78. The van der Waals surface area contributed by atoms with E-state index in [1.807, 2.05) is 0 Å². The molecule has 1 aliphatic heterocycles. The van der Waals surface area contributed by atoms with E-state index in [0.717, 1.165) is 0 Å². The largest absolute Gasteiger partial charge is 0.421 e. The van der Waals surface area contributed by atoms with Gasteiger partial charge in [0.15, 0.2) is 5.15 Å². The topological polar surface area (TPSA) is 76.9 Å². The maximum Gasteiger partial charge on any atom is 0.421 e. The number of rotatable bonds is 4. The first-order valence-corrected chi connectivity index (χ1v) is 6.97. The van der Waals surface area contributed by atoms with E-state index in [1.165, 1.54) is 13.2 Å². The van der Waals surface area contributed by atoms with Crippen LogP contribution in [0.2, 0.25) is 5.15 Å². The van der Waals surface area contributed by atoms with E-state index in [0.29, 0.717) is 30.3 Å². The van der Waals surface area contributed by atoms with Crippen LogP contribution in [-0.2, 0) is 10.9 Å². The Morgan fingerprint density at radius 2 is 2.09 bits per heavy atom. The van der Waals surface area contributed by atoms with Gasteiger partial charge in [0.1, 0.15) is 17.4 Å². The Morgan fingerprint density at radius 3 is 2.65 bits per heavy atom. The third-order valence-corrected chi connectivity index (χ3v) is 3.66. The van der Waals surface area contributed by atoms with Crippen molar-refractivity contribution in [2.24, 2.45) is 0 Å². The van der Waals surface area contributed by atoms with Gasteiger partial charge in [0.05, 0.1) is 25.1 Å². The molecular formula is C12H12ClF3N6O. The molecule has 0 amide bonds. The van der Waals surface area contributed by atoms with Gasteiger partial charge in [-0.3, -0.25) is 0 Å². The van der Waals surface area contributed by atoms with Gasteiger partial charge in [-0.1, -0.05) is 11.6 Å². The lowest BCUT2D eigenvalue weighted by atomic mass is 10.3. The molecule has 1 fully saturated rings. The van der Waals surface area contributed by atoms with Crippen LogP contribution in [0, 0.1) is 0 Å². The van der Waals surface area contributed by atoms with Crippen molar-refractivity contribution in [3.05, 3.63) is 23.1 Å². The Kier molecular flexibility index (Phi) is 4.02. The molecule has 0 atom stereocenters. The van der Waals surface area contributed by atoms with Crippen molar-refractivity contribution >= 4 is 29.1 Å². The molecule has 0 saturated carbocycles. The maximum atomic E-state index is 12.8. The van der Waals surface area contributed by atoms with Gasteiger partial charge in [0.25, 0.3) is 0 Å². The Hall–Kier alpha value is -2.07. The van der Waals surface area contributed by atoms with Gasteiger partial charge in [-0.05, 0) is 0 Å². The fourth-order valence-electron chi connectivity index (χ4n) is 2.01. The van der Waals surface area contributed by atoms with Crippen molar-refractivity contribution in [3.63, 3.8) is 0 Å². The summed E-state index contributed by atoms with van der Waals surface area (Å²) < 4.78 is 45.1. The summed E-state index contributed by atoms with van der Waals surface area (Å²) in [5.41, 5.74) is -0.542. The third-order valence-electron chi connectivity index (χ3n) is 3.28. The number of hydrogen-bond donors (Lipinski definition) is 2. The molecular weight excluding hydrogens is 337 g/mol. The minimum atomic E-state index is -4.54. The zero-order valence-electron chi connectivity index (χ0n) is 11.9. The van der Waals surface area contributed by atoms with E-state index in [4.69, 9.17) is 16.3 Å². The Morgan fingerprint density at radius 1 is 1.35 bits per heavy atom. The summed E-state index contributed by atoms with van der Waals surface area (Å²) in [6.07, 6.45) is -2.37. The van der Waals surface area contributed by atoms with Crippen LogP contribution in [-0.4, -0.2) is 40.0 Å². The number of halogens is 4. The number of aromatic nitrogens is 4. The van der Waals surface area contributed by atoms with Gasteiger partial charge in [-0.2, -0.15) is 23.3 Å². The van der Waals surface area contributed by atoms with Gasteiger partial charge in [-0.15, -0.1) is 0 Å². The molecule has 0 radical (unpaired) electrons. The van der Waals surface area contributed by atoms with Gasteiger partial charge in [-0.25, -0.2) is 9.67 Å². The predicted molar refractivity (Wildman–Crippen MR) is 77.0 cm³/mol. The quantitative estimate of drug-likeness (QED) is 0.884. The molecule has 0 aromatic carbocycles. The first-order chi connectivity index (χ1) is 10.9. The third kappa shape index (κ3) is 3.04. The van der Waals surface area contributed by atoms with Crippen LogP contribution in [0.5, 0.6) is 0 Å². The number of ether oxygens (including phenoxy) is 1. The molecule has 0 spiro atoms. The van der Waals surface area contributed by atoms with Crippen molar-refractivity contribution in [1.29, 1.82) is 0 Å². The van der Waals surface area contributed by atoms with Crippen LogP contribution in [0.1, 0.15) is 11.6 Å². The van der Waals surface area contributed by atoms with Crippen LogP contribution in [0.3, 0.4) is 0 Å². The second kappa shape index (κ2) is 5.85. The van der Waals surface area contributed by atoms with Crippen molar-refractivity contribution < 1.29 is 17.9 Å². The highest BCUT2D eigenvalue weighted by Crippen LogP contribution is 2.34. The normalized spacial score (nSPS) is 15.3. The average molecular weight is 349 g/mol. The summed E-state index contributed by atoms with van der Waals surface area (Å²) in [6, 6.07) is 0.0550. The molecule has 11 heteroatoms. The molecule has 23 heavy (non-hydrogen) atoms. The molecule has 7 nitrogen and oxygen atoms in total. The lowest BCUT2D eigenvalue weighted by molar-refractivity contribution is -0.137. The SMILES string of the molecule is CNc1nc(Nc2cnn(C3COC3)c2Cl)ncc1C(F)(F)F. The number of nitrogens with zero attached hydrogens (tertiary/aromatic N) is 4. The van der Waals surface area contributed by atoms with E-state index in [1.54, 1.807) is 4.68 Å². The summed E-state index contributed by atoms with van der Waals surface area (Å²) in [5.74, 6) is -0.348. The number of hydrogen-bond acceptors (Lipinski definition) is 6. The lowest BCUT2D eigenvalue weighted by Gasteiger charge is -2.26. The van der Waals surface area contributed by atoms with E-state index in [9.17, 15) is 13.2 Å². The summed E-state index contributed by atoms with van der Waals surface area (Å²) in [5, 5.41) is 9.60. The highest BCUT2D eigenvalue weighted by atomic mass is 35.5. The second-order valence-corrected chi connectivity index (χ2v) is 5.17. The van der Waals surface area contributed by atoms with Gasteiger partial charge in [0.2, 0.25) is 5.95 Å². The predicted octanol–water partition coefficient (Wildman–Crippen LogP) is 2.70. The maximum absolute atomic E-state index is 12.8. The Bertz CT molecular complexity index is 715. The molecule has 1 saturated heterocycles. The number of anilines is 3. The Balaban J connectivity index is 1.84. The Labute approximate surface area is 133 Å².